The monoisotopic (exact) mass is 212 g/mol. The van der Waals surface area contributed by atoms with Gasteiger partial charge in [-0.3, -0.25) is 4.79 Å². The molecule has 0 unspecified atom stereocenters. The summed E-state index contributed by atoms with van der Waals surface area (Å²) in [7, 11) is 1.60. The summed E-state index contributed by atoms with van der Waals surface area (Å²) in [4.78, 5) is 11.5. The Hall–Kier alpha value is -1.16. The number of rotatable bonds is 4. The molecular formula is C10H12O3S. The summed E-state index contributed by atoms with van der Waals surface area (Å²) < 4.78 is 5.00. The van der Waals surface area contributed by atoms with Crippen LogP contribution < -0.4 is 4.74 Å². The standard InChI is InChI=1S/C10H12O3S/c1-7(10(11)12)14-9-5-3-8(13-2)4-6-9/h3-7H,1-2H3,(H,11,12)/t7-/m0/s1. The third-order valence-electron chi connectivity index (χ3n) is 1.72. The van der Waals surface area contributed by atoms with Gasteiger partial charge in [0.05, 0.1) is 7.11 Å². The van der Waals surface area contributed by atoms with Crippen LogP contribution in [0, 0.1) is 0 Å². The van der Waals surface area contributed by atoms with Gasteiger partial charge in [0.2, 0.25) is 0 Å². The minimum atomic E-state index is -0.800. The summed E-state index contributed by atoms with van der Waals surface area (Å²) in [6, 6.07) is 7.33. The van der Waals surface area contributed by atoms with Crippen LogP contribution in [0.15, 0.2) is 29.2 Å². The van der Waals surface area contributed by atoms with E-state index >= 15 is 0 Å². The molecule has 1 rings (SSSR count). The van der Waals surface area contributed by atoms with Crippen molar-refractivity contribution in [1.29, 1.82) is 0 Å². The van der Waals surface area contributed by atoms with E-state index in [9.17, 15) is 4.79 Å². The Labute approximate surface area is 87.1 Å². The van der Waals surface area contributed by atoms with Crippen LogP contribution in [0.4, 0.5) is 0 Å². The zero-order valence-corrected chi connectivity index (χ0v) is 8.88. The third kappa shape index (κ3) is 2.96. The van der Waals surface area contributed by atoms with Crippen molar-refractivity contribution in [2.45, 2.75) is 17.1 Å². The molecule has 14 heavy (non-hydrogen) atoms. The van der Waals surface area contributed by atoms with Gasteiger partial charge < -0.3 is 9.84 Å². The van der Waals surface area contributed by atoms with Crippen LogP contribution in [-0.4, -0.2) is 23.4 Å². The highest BCUT2D eigenvalue weighted by Crippen LogP contribution is 2.25. The van der Waals surface area contributed by atoms with E-state index in [0.29, 0.717) is 0 Å². The molecule has 0 aromatic heterocycles. The highest BCUT2D eigenvalue weighted by atomic mass is 32.2. The average Bonchev–Trinajstić information content (AvgIpc) is 2.19. The SMILES string of the molecule is COc1ccc(S[C@@H](C)C(=O)O)cc1. The van der Waals surface area contributed by atoms with Crippen LogP contribution in [0.1, 0.15) is 6.92 Å². The fourth-order valence-corrected chi connectivity index (χ4v) is 1.71. The summed E-state index contributed by atoms with van der Waals surface area (Å²) >= 11 is 1.32. The largest absolute Gasteiger partial charge is 0.497 e. The average molecular weight is 212 g/mol. The number of carboxylic acid groups (broad SMARTS) is 1. The molecule has 76 valence electrons. The van der Waals surface area contributed by atoms with Crippen molar-refractivity contribution in [3.05, 3.63) is 24.3 Å². The minimum absolute atomic E-state index is 0.427. The van der Waals surface area contributed by atoms with Crippen molar-refractivity contribution in [3.63, 3.8) is 0 Å². The second kappa shape index (κ2) is 4.91. The fourth-order valence-electron chi connectivity index (χ4n) is 0.909. The van der Waals surface area contributed by atoms with Crippen molar-refractivity contribution < 1.29 is 14.6 Å². The van der Waals surface area contributed by atoms with Gasteiger partial charge in [0.15, 0.2) is 0 Å². The molecule has 0 aliphatic heterocycles. The van der Waals surface area contributed by atoms with Gasteiger partial charge in [-0.25, -0.2) is 0 Å². The van der Waals surface area contributed by atoms with Gasteiger partial charge in [-0.15, -0.1) is 11.8 Å². The number of aliphatic carboxylic acids is 1. The maximum absolute atomic E-state index is 10.6. The molecule has 1 N–H and O–H groups in total. The van der Waals surface area contributed by atoms with Crippen LogP contribution in [0.5, 0.6) is 5.75 Å². The van der Waals surface area contributed by atoms with Gasteiger partial charge in [0.25, 0.3) is 0 Å². The van der Waals surface area contributed by atoms with E-state index in [4.69, 9.17) is 9.84 Å². The first kappa shape index (κ1) is 10.9. The molecule has 1 aromatic rings. The summed E-state index contributed by atoms with van der Waals surface area (Å²) in [6.45, 7) is 1.66. The Morgan fingerprint density at radius 2 is 2.00 bits per heavy atom. The van der Waals surface area contributed by atoms with Crippen LogP contribution in [0.25, 0.3) is 0 Å². The third-order valence-corrected chi connectivity index (χ3v) is 2.82. The van der Waals surface area contributed by atoms with Gasteiger partial charge in [-0.2, -0.15) is 0 Å². The molecule has 0 saturated carbocycles. The maximum Gasteiger partial charge on any atom is 0.316 e. The van der Waals surface area contributed by atoms with Gasteiger partial charge in [-0.1, -0.05) is 0 Å². The second-order valence-corrected chi connectivity index (χ2v) is 4.19. The Morgan fingerprint density at radius 3 is 2.43 bits per heavy atom. The zero-order chi connectivity index (χ0) is 10.6. The molecule has 0 bridgehead atoms. The molecule has 0 aliphatic carbocycles. The number of carbonyl (C=O) groups is 1. The van der Waals surface area contributed by atoms with Crippen LogP contribution in [-0.2, 0) is 4.79 Å². The lowest BCUT2D eigenvalue weighted by molar-refractivity contribution is -0.136. The first-order valence-corrected chi connectivity index (χ1v) is 5.05. The van der Waals surface area contributed by atoms with Gasteiger partial charge in [0.1, 0.15) is 11.0 Å². The lowest BCUT2D eigenvalue weighted by Crippen LogP contribution is -2.10. The minimum Gasteiger partial charge on any atom is -0.497 e. The summed E-state index contributed by atoms with van der Waals surface area (Å²) in [5.74, 6) is -0.0249. The molecule has 0 aliphatic rings. The quantitative estimate of drug-likeness (QED) is 0.778. The number of hydrogen-bond donors (Lipinski definition) is 1. The topological polar surface area (TPSA) is 46.5 Å². The first-order valence-electron chi connectivity index (χ1n) is 4.17. The van der Waals surface area contributed by atoms with Gasteiger partial charge in [0, 0.05) is 4.90 Å². The van der Waals surface area contributed by atoms with E-state index in [1.165, 1.54) is 11.8 Å². The molecule has 0 spiro atoms. The Balaban J connectivity index is 2.64. The molecule has 0 saturated heterocycles. The van der Waals surface area contributed by atoms with E-state index in [2.05, 4.69) is 0 Å². The van der Waals surface area contributed by atoms with E-state index in [0.717, 1.165) is 10.6 Å². The second-order valence-electron chi connectivity index (χ2n) is 2.77. The lowest BCUT2D eigenvalue weighted by Gasteiger charge is -2.06. The number of carboxylic acids is 1. The molecule has 0 heterocycles. The number of methoxy groups -OCH3 is 1. The number of benzene rings is 1. The first-order chi connectivity index (χ1) is 6.63. The Morgan fingerprint density at radius 1 is 1.43 bits per heavy atom. The molecular weight excluding hydrogens is 200 g/mol. The summed E-state index contributed by atoms with van der Waals surface area (Å²) in [5, 5.41) is 8.27. The molecule has 0 amide bonds. The number of hydrogen-bond acceptors (Lipinski definition) is 3. The Kier molecular flexibility index (Phi) is 3.83. The van der Waals surface area contributed by atoms with Crippen molar-refractivity contribution in [2.75, 3.05) is 7.11 Å². The summed E-state index contributed by atoms with van der Waals surface area (Å²) in [6.07, 6.45) is 0. The Bertz CT molecular complexity index is 308. The molecule has 1 atom stereocenters. The molecule has 0 fully saturated rings. The van der Waals surface area contributed by atoms with Crippen molar-refractivity contribution in [2.24, 2.45) is 0 Å². The highest BCUT2D eigenvalue weighted by Gasteiger charge is 2.11. The molecule has 4 heteroatoms. The summed E-state index contributed by atoms with van der Waals surface area (Å²) in [5.41, 5.74) is 0. The maximum atomic E-state index is 10.6. The lowest BCUT2D eigenvalue weighted by atomic mass is 10.3. The highest BCUT2D eigenvalue weighted by molar-refractivity contribution is 8.00. The van der Waals surface area contributed by atoms with E-state index in [-0.39, 0.29) is 0 Å². The fraction of sp³-hybridized carbons (Fsp3) is 0.300. The predicted octanol–water partition coefficient (Wildman–Crippen LogP) is 2.26. The molecule has 0 radical (unpaired) electrons. The van der Waals surface area contributed by atoms with E-state index in [1.54, 1.807) is 14.0 Å². The number of ether oxygens (including phenoxy) is 1. The van der Waals surface area contributed by atoms with Crippen molar-refractivity contribution in [1.82, 2.24) is 0 Å². The van der Waals surface area contributed by atoms with Crippen LogP contribution >= 0.6 is 11.8 Å². The van der Waals surface area contributed by atoms with E-state index in [1.807, 2.05) is 24.3 Å². The van der Waals surface area contributed by atoms with Crippen molar-refractivity contribution in [3.8, 4) is 5.75 Å². The normalized spacial score (nSPS) is 12.1. The smallest absolute Gasteiger partial charge is 0.316 e. The molecule has 3 nitrogen and oxygen atoms in total. The predicted molar refractivity (Wildman–Crippen MR) is 55.9 cm³/mol. The zero-order valence-electron chi connectivity index (χ0n) is 8.06. The van der Waals surface area contributed by atoms with Gasteiger partial charge in [-0.05, 0) is 31.2 Å². The molecule has 1 aromatic carbocycles. The van der Waals surface area contributed by atoms with Crippen LogP contribution in [0.3, 0.4) is 0 Å². The van der Waals surface area contributed by atoms with Gasteiger partial charge >= 0.3 is 5.97 Å². The van der Waals surface area contributed by atoms with E-state index < -0.39 is 11.2 Å². The number of thioether (sulfide) groups is 1. The van der Waals surface area contributed by atoms with Crippen LogP contribution in [0.2, 0.25) is 0 Å². The van der Waals surface area contributed by atoms with Crippen molar-refractivity contribution >= 4 is 17.7 Å².